The van der Waals surface area contributed by atoms with Crippen molar-refractivity contribution < 1.29 is 8.42 Å². The Morgan fingerprint density at radius 1 is 1.13 bits per heavy atom. The lowest BCUT2D eigenvalue weighted by Crippen LogP contribution is -2.14. The molecule has 30 heavy (non-hydrogen) atoms. The number of nitrogens with one attached hydrogen (secondary N) is 1. The Hall–Kier alpha value is -2.98. The summed E-state index contributed by atoms with van der Waals surface area (Å²) < 4.78 is 27.5. The highest BCUT2D eigenvalue weighted by Crippen LogP contribution is 2.23. The van der Waals surface area contributed by atoms with Gasteiger partial charge >= 0.3 is 0 Å². The van der Waals surface area contributed by atoms with Crippen molar-refractivity contribution in [2.75, 3.05) is 11.6 Å². The molecule has 3 aromatic heterocycles. The number of aromatic nitrogens is 6. The molecule has 1 aromatic carbocycles. The van der Waals surface area contributed by atoms with Crippen molar-refractivity contribution in [2.45, 2.75) is 31.5 Å². The third kappa shape index (κ3) is 3.88. The molecule has 0 aliphatic carbocycles. The molecule has 4 aromatic rings. The second-order valence-electron chi connectivity index (χ2n) is 7.18. The number of para-hydroxylation sites is 1. The first kappa shape index (κ1) is 20.3. The summed E-state index contributed by atoms with van der Waals surface area (Å²) in [6, 6.07) is 7.68. The molecule has 0 unspecified atom stereocenters. The Morgan fingerprint density at radius 3 is 2.57 bits per heavy atom. The molecule has 156 valence electrons. The fraction of sp³-hybridized carbons (Fsp3) is 0.263. The quantitative estimate of drug-likeness (QED) is 0.485. The maximum atomic E-state index is 12.1. The molecule has 9 nitrogen and oxygen atoms in total. The Kier molecular flexibility index (Phi) is 5.20. The number of halogens is 1. The van der Waals surface area contributed by atoms with Gasteiger partial charge in [0.05, 0.1) is 23.1 Å². The molecule has 4 rings (SSSR count). The van der Waals surface area contributed by atoms with E-state index in [1.807, 2.05) is 38.1 Å². The number of benzene rings is 1. The Bertz CT molecular complexity index is 1330. The number of sulfone groups is 1. The molecule has 1 N–H and O–H groups in total. The van der Waals surface area contributed by atoms with Crippen molar-refractivity contribution in [3.63, 3.8) is 0 Å². The number of fused-ring (bicyclic) bond motifs is 1. The summed E-state index contributed by atoms with van der Waals surface area (Å²) in [7, 11) is -3.60. The van der Waals surface area contributed by atoms with Crippen molar-refractivity contribution >= 4 is 33.0 Å². The molecular weight excluding hydrogens is 426 g/mol. The third-order valence-electron chi connectivity index (χ3n) is 4.55. The molecule has 0 amide bonds. The summed E-state index contributed by atoms with van der Waals surface area (Å²) in [4.78, 5) is 8.46. The summed E-state index contributed by atoms with van der Waals surface area (Å²) in [5.74, 6) is 0.420. The summed E-state index contributed by atoms with van der Waals surface area (Å²) in [5.41, 5.74) is 3.07. The van der Waals surface area contributed by atoms with Gasteiger partial charge in [0, 0.05) is 24.6 Å². The maximum absolute atomic E-state index is 12.1. The van der Waals surface area contributed by atoms with Crippen LogP contribution in [0.2, 0.25) is 5.02 Å². The smallest absolute Gasteiger partial charge is 0.252 e. The Labute approximate surface area is 178 Å². The van der Waals surface area contributed by atoms with Crippen molar-refractivity contribution in [2.24, 2.45) is 0 Å². The van der Waals surface area contributed by atoms with E-state index in [4.69, 9.17) is 11.6 Å². The molecule has 3 heterocycles. The SMILES string of the molecule is CC(C)c1cnn2c(NCc3ccccc3-n3cc(Cl)cn3)nc(S(C)(=O)=O)nc12. The summed E-state index contributed by atoms with van der Waals surface area (Å²) >= 11 is 6.00. The predicted octanol–water partition coefficient (Wildman–Crippen LogP) is 3.10. The number of hydrogen-bond acceptors (Lipinski definition) is 7. The minimum atomic E-state index is -3.60. The molecule has 0 aliphatic rings. The van der Waals surface area contributed by atoms with Gasteiger partial charge in [0.15, 0.2) is 5.65 Å². The van der Waals surface area contributed by atoms with Gasteiger partial charge in [-0.2, -0.15) is 24.7 Å². The maximum Gasteiger partial charge on any atom is 0.252 e. The molecule has 0 aliphatic heterocycles. The van der Waals surface area contributed by atoms with Gasteiger partial charge in [-0.25, -0.2) is 13.1 Å². The summed E-state index contributed by atoms with van der Waals surface area (Å²) in [5, 5.41) is 12.1. The van der Waals surface area contributed by atoms with Crippen LogP contribution >= 0.6 is 11.6 Å². The second-order valence-corrected chi connectivity index (χ2v) is 9.52. The van der Waals surface area contributed by atoms with E-state index >= 15 is 0 Å². The van der Waals surface area contributed by atoms with Gasteiger partial charge in [0.25, 0.3) is 5.16 Å². The first-order chi connectivity index (χ1) is 14.2. The van der Waals surface area contributed by atoms with E-state index in [1.54, 1.807) is 23.3 Å². The second kappa shape index (κ2) is 7.69. The number of anilines is 1. The van der Waals surface area contributed by atoms with Crippen molar-refractivity contribution in [1.29, 1.82) is 0 Å². The van der Waals surface area contributed by atoms with Crippen LogP contribution in [0.15, 0.2) is 48.0 Å². The van der Waals surface area contributed by atoms with Crippen LogP contribution < -0.4 is 5.32 Å². The summed E-state index contributed by atoms with van der Waals surface area (Å²) in [6.45, 7) is 4.36. The van der Waals surface area contributed by atoms with Gasteiger partial charge in [-0.15, -0.1) is 0 Å². The first-order valence-corrected chi connectivity index (χ1v) is 11.5. The van der Waals surface area contributed by atoms with E-state index in [2.05, 4.69) is 25.5 Å². The highest BCUT2D eigenvalue weighted by Gasteiger charge is 2.20. The lowest BCUT2D eigenvalue weighted by Gasteiger charge is -2.12. The zero-order valence-electron chi connectivity index (χ0n) is 16.6. The highest BCUT2D eigenvalue weighted by atomic mass is 35.5. The largest absolute Gasteiger partial charge is 0.350 e. The molecule has 0 saturated carbocycles. The number of rotatable bonds is 6. The van der Waals surface area contributed by atoms with E-state index in [0.717, 1.165) is 23.1 Å². The molecule has 0 saturated heterocycles. The Morgan fingerprint density at radius 2 is 1.90 bits per heavy atom. The topological polar surface area (TPSA) is 107 Å². The van der Waals surface area contributed by atoms with Crippen molar-refractivity contribution in [3.05, 3.63) is 59.0 Å². The standard InChI is InChI=1S/C19H20ClN7O2S/c1-12(2)15-10-23-27-17(15)24-19(30(3,28)29)25-18(27)21-8-13-6-4-5-7-16(13)26-11-14(20)9-22-26/h4-7,9-12H,8H2,1-3H3,(H,21,24,25). The van der Waals surface area contributed by atoms with Crippen LogP contribution in [0.4, 0.5) is 5.95 Å². The monoisotopic (exact) mass is 445 g/mol. The number of nitrogens with zero attached hydrogens (tertiary/aromatic N) is 6. The van der Waals surface area contributed by atoms with Crippen LogP contribution in [0.25, 0.3) is 11.3 Å². The van der Waals surface area contributed by atoms with E-state index in [-0.39, 0.29) is 11.1 Å². The minimum Gasteiger partial charge on any atom is -0.350 e. The average molecular weight is 446 g/mol. The van der Waals surface area contributed by atoms with Gasteiger partial charge in [0.2, 0.25) is 15.8 Å². The van der Waals surface area contributed by atoms with Gasteiger partial charge in [-0.05, 0) is 17.5 Å². The zero-order valence-corrected chi connectivity index (χ0v) is 18.2. The highest BCUT2D eigenvalue weighted by molar-refractivity contribution is 7.90. The van der Waals surface area contributed by atoms with Gasteiger partial charge in [-0.1, -0.05) is 43.6 Å². The van der Waals surface area contributed by atoms with Crippen LogP contribution in [-0.2, 0) is 16.4 Å². The fourth-order valence-corrected chi connectivity index (χ4v) is 3.69. The van der Waals surface area contributed by atoms with Crippen LogP contribution in [0.1, 0.15) is 30.9 Å². The molecule has 0 atom stereocenters. The zero-order chi connectivity index (χ0) is 21.5. The minimum absolute atomic E-state index is 0.128. The third-order valence-corrected chi connectivity index (χ3v) is 5.60. The average Bonchev–Trinajstić information content (AvgIpc) is 3.31. The van der Waals surface area contributed by atoms with Gasteiger partial charge in [0.1, 0.15) is 0 Å². The van der Waals surface area contributed by atoms with E-state index < -0.39 is 9.84 Å². The van der Waals surface area contributed by atoms with Crippen molar-refractivity contribution in [1.82, 2.24) is 29.4 Å². The first-order valence-electron chi connectivity index (χ1n) is 9.22. The van der Waals surface area contributed by atoms with Crippen LogP contribution in [0.5, 0.6) is 0 Å². The molecule has 0 radical (unpaired) electrons. The molecule has 11 heteroatoms. The molecule has 0 spiro atoms. The number of hydrogen-bond donors (Lipinski definition) is 1. The predicted molar refractivity (Wildman–Crippen MR) is 114 cm³/mol. The summed E-state index contributed by atoms with van der Waals surface area (Å²) in [6.07, 6.45) is 6.05. The van der Waals surface area contributed by atoms with E-state index in [0.29, 0.717) is 23.2 Å². The lowest BCUT2D eigenvalue weighted by molar-refractivity contribution is 0.592. The normalized spacial score (nSPS) is 12.0. The molecule has 0 fully saturated rings. The molecule has 0 bridgehead atoms. The lowest BCUT2D eigenvalue weighted by atomic mass is 10.1. The molecular formula is C19H20ClN7O2S. The van der Waals surface area contributed by atoms with Crippen molar-refractivity contribution in [3.8, 4) is 5.69 Å². The van der Waals surface area contributed by atoms with Crippen LogP contribution in [0, 0.1) is 0 Å². The van der Waals surface area contributed by atoms with Crippen LogP contribution in [0.3, 0.4) is 0 Å². The fourth-order valence-electron chi connectivity index (χ4n) is 3.05. The van der Waals surface area contributed by atoms with E-state index in [9.17, 15) is 8.42 Å². The van der Waals surface area contributed by atoms with Gasteiger partial charge < -0.3 is 5.32 Å². The van der Waals surface area contributed by atoms with Crippen LogP contribution in [-0.4, -0.2) is 44.0 Å². The van der Waals surface area contributed by atoms with E-state index in [1.165, 1.54) is 4.52 Å². The Balaban J connectivity index is 1.75. The van der Waals surface area contributed by atoms with Gasteiger partial charge in [-0.3, -0.25) is 0 Å².